The van der Waals surface area contributed by atoms with Gasteiger partial charge in [-0.3, -0.25) is 0 Å². The number of anilines is 1. The minimum atomic E-state index is -1.29. The van der Waals surface area contributed by atoms with Crippen LogP contribution >= 0.6 is 22.6 Å². The Balaban J connectivity index is 2.19. The van der Waals surface area contributed by atoms with Crippen molar-refractivity contribution in [2.75, 3.05) is 5.32 Å². The Labute approximate surface area is 128 Å². The second-order valence-corrected chi connectivity index (χ2v) is 5.75. The average Bonchev–Trinajstić information content (AvgIpc) is 2.28. The van der Waals surface area contributed by atoms with Crippen LogP contribution in [0.15, 0.2) is 30.0 Å². The number of halogens is 2. The smallest absolute Gasteiger partial charge is 0.350 e. The molecule has 1 aromatic carbocycles. The van der Waals surface area contributed by atoms with Crippen LogP contribution < -0.4 is 5.32 Å². The van der Waals surface area contributed by atoms with E-state index in [9.17, 15) is 14.0 Å². The number of cyclic esters (lactones) is 2. The lowest BCUT2D eigenvalue weighted by Gasteiger charge is -2.29. The van der Waals surface area contributed by atoms with E-state index in [4.69, 9.17) is 9.47 Å². The fraction of sp³-hybridized carbons (Fsp3) is 0.231. The Morgan fingerprint density at radius 2 is 1.85 bits per heavy atom. The summed E-state index contributed by atoms with van der Waals surface area (Å²) in [5.41, 5.74) is -0.175. The molecule has 0 bridgehead atoms. The van der Waals surface area contributed by atoms with Gasteiger partial charge in [-0.1, -0.05) is 0 Å². The molecule has 106 valence electrons. The molecule has 1 aliphatic heterocycles. The van der Waals surface area contributed by atoms with Crippen LogP contribution in [0.25, 0.3) is 0 Å². The number of nitrogens with one attached hydrogen (secondary N) is 1. The van der Waals surface area contributed by atoms with E-state index in [1.165, 1.54) is 26.0 Å². The molecule has 1 fully saturated rings. The summed E-state index contributed by atoms with van der Waals surface area (Å²) in [7, 11) is 0. The summed E-state index contributed by atoms with van der Waals surface area (Å²) in [6.07, 6.45) is 1.07. The van der Waals surface area contributed by atoms with Crippen molar-refractivity contribution in [2.24, 2.45) is 0 Å². The molecule has 2 rings (SSSR count). The third-order valence-corrected chi connectivity index (χ3v) is 3.09. The van der Waals surface area contributed by atoms with Gasteiger partial charge in [0.05, 0.1) is 5.69 Å². The van der Waals surface area contributed by atoms with Gasteiger partial charge in [0.2, 0.25) is 0 Å². The summed E-state index contributed by atoms with van der Waals surface area (Å²) in [5, 5.41) is 2.56. The molecule has 1 aliphatic rings. The number of carbonyl (C=O) groups excluding carboxylic acids is 2. The molecule has 0 aliphatic carbocycles. The molecule has 0 atom stereocenters. The van der Waals surface area contributed by atoms with E-state index in [1.54, 1.807) is 6.07 Å². The molecule has 0 saturated carbocycles. The molecule has 1 aromatic rings. The quantitative estimate of drug-likeness (QED) is 0.364. The topological polar surface area (TPSA) is 64.6 Å². The maximum atomic E-state index is 13.6. The van der Waals surface area contributed by atoms with E-state index >= 15 is 0 Å². The monoisotopic (exact) mass is 391 g/mol. The highest BCUT2D eigenvalue weighted by atomic mass is 127. The molecule has 0 radical (unpaired) electrons. The van der Waals surface area contributed by atoms with E-state index in [1.807, 2.05) is 22.6 Å². The van der Waals surface area contributed by atoms with Gasteiger partial charge in [-0.15, -0.1) is 0 Å². The van der Waals surface area contributed by atoms with Gasteiger partial charge in [-0.2, -0.15) is 0 Å². The van der Waals surface area contributed by atoms with Crippen LogP contribution in [-0.4, -0.2) is 17.7 Å². The third kappa shape index (κ3) is 3.27. The van der Waals surface area contributed by atoms with Gasteiger partial charge in [0, 0.05) is 23.6 Å². The first-order chi connectivity index (χ1) is 9.28. The number of carbonyl (C=O) groups is 2. The van der Waals surface area contributed by atoms with Crippen LogP contribution in [0, 0.1) is 9.39 Å². The predicted octanol–water partition coefficient (Wildman–Crippen LogP) is 2.56. The number of benzene rings is 1. The molecule has 20 heavy (non-hydrogen) atoms. The van der Waals surface area contributed by atoms with Crippen molar-refractivity contribution in [1.82, 2.24) is 0 Å². The molecule has 0 unspecified atom stereocenters. The minimum Gasteiger partial charge on any atom is -0.419 e. The fourth-order valence-electron chi connectivity index (χ4n) is 1.53. The zero-order valence-electron chi connectivity index (χ0n) is 10.7. The lowest BCUT2D eigenvalue weighted by atomic mass is 10.2. The van der Waals surface area contributed by atoms with Crippen LogP contribution in [0.5, 0.6) is 0 Å². The van der Waals surface area contributed by atoms with E-state index < -0.39 is 23.5 Å². The highest BCUT2D eigenvalue weighted by Crippen LogP contribution is 2.23. The molecule has 0 spiro atoms. The minimum absolute atomic E-state index is 0.142. The first kappa shape index (κ1) is 14.8. The summed E-state index contributed by atoms with van der Waals surface area (Å²) in [5.74, 6) is -3.42. The predicted molar refractivity (Wildman–Crippen MR) is 77.1 cm³/mol. The standard InChI is InChI=1S/C13H11FINO4/c1-13(2)19-11(17)8(12(18)20-13)6-16-10-4-3-7(15)5-9(10)14/h3-6,16H,1-2H3. The average molecular weight is 391 g/mol. The number of rotatable bonds is 2. The second kappa shape index (κ2) is 5.39. The molecule has 5 nitrogen and oxygen atoms in total. The van der Waals surface area contributed by atoms with E-state index in [-0.39, 0.29) is 11.3 Å². The number of esters is 2. The largest absolute Gasteiger partial charge is 0.419 e. The normalized spacial score (nSPS) is 17.3. The van der Waals surface area contributed by atoms with Gasteiger partial charge < -0.3 is 14.8 Å². The maximum absolute atomic E-state index is 13.6. The van der Waals surface area contributed by atoms with Crippen LogP contribution in [0.3, 0.4) is 0 Å². The summed E-state index contributed by atoms with van der Waals surface area (Å²) < 4.78 is 24.1. The van der Waals surface area contributed by atoms with Crippen molar-refractivity contribution < 1.29 is 23.5 Å². The van der Waals surface area contributed by atoms with Crippen molar-refractivity contribution in [3.63, 3.8) is 0 Å². The summed E-state index contributed by atoms with van der Waals surface area (Å²) >= 11 is 1.97. The first-order valence-corrected chi connectivity index (χ1v) is 6.75. The van der Waals surface area contributed by atoms with E-state index in [0.717, 1.165) is 9.77 Å². The van der Waals surface area contributed by atoms with Crippen molar-refractivity contribution in [3.8, 4) is 0 Å². The third-order valence-electron chi connectivity index (χ3n) is 2.42. The Hall–Kier alpha value is -1.64. The maximum Gasteiger partial charge on any atom is 0.350 e. The van der Waals surface area contributed by atoms with Gasteiger partial charge >= 0.3 is 11.9 Å². The molecule has 1 heterocycles. The number of hydrogen-bond acceptors (Lipinski definition) is 5. The van der Waals surface area contributed by atoms with Crippen molar-refractivity contribution in [3.05, 3.63) is 39.4 Å². The van der Waals surface area contributed by atoms with Crippen LogP contribution in [0.2, 0.25) is 0 Å². The molecule has 1 N–H and O–H groups in total. The van der Waals surface area contributed by atoms with Crippen LogP contribution in [-0.2, 0) is 19.1 Å². The second-order valence-electron chi connectivity index (χ2n) is 4.51. The van der Waals surface area contributed by atoms with Crippen molar-refractivity contribution >= 4 is 40.2 Å². The Bertz CT molecular complexity index is 590. The molecule has 0 amide bonds. The molecule has 7 heteroatoms. The van der Waals surface area contributed by atoms with Crippen LogP contribution in [0.1, 0.15) is 13.8 Å². The number of hydrogen-bond donors (Lipinski definition) is 1. The zero-order valence-corrected chi connectivity index (χ0v) is 12.9. The lowest BCUT2D eigenvalue weighted by molar-refractivity contribution is -0.222. The summed E-state index contributed by atoms with van der Waals surface area (Å²) in [6, 6.07) is 4.50. The van der Waals surface area contributed by atoms with Crippen molar-refractivity contribution in [2.45, 2.75) is 19.6 Å². The SMILES string of the molecule is CC1(C)OC(=O)C(=CNc2ccc(I)cc2F)C(=O)O1. The van der Waals surface area contributed by atoms with Gasteiger partial charge in [-0.05, 0) is 40.8 Å². The highest BCUT2D eigenvalue weighted by molar-refractivity contribution is 14.1. The van der Waals surface area contributed by atoms with E-state index in [2.05, 4.69) is 5.32 Å². The Morgan fingerprint density at radius 3 is 2.40 bits per heavy atom. The van der Waals surface area contributed by atoms with E-state index in [0.29, 0.717) is 0 Å². The van der Waals surface area contributed by atoms with Crippen LogP contribution in [0.4, 0.5) is 10.1 Å². The molecule has 0 aromatic heterocycles. The fourth-order valence-corrected chi connectivity index (χ4v) is 1.99. The Kier molecular flexibility index (Phi) is 3.98. The first-order valence-electron chi connectivity index (χ1n) is 5.67. The summed E-state index contributed by atoms with van der Waals surface area (Å²) in [4.78, 5) is 23.3. The molecular formula is C13H11FINO4. The van der Waals surface area contributed by atoms with Gasteiger partial charge in [0.1, 0.15) is 5.82 Å². The van der Waals surface area contributed by atoms with Crippen molar-refractivity contribution in [1.29, 1.82) is 0 Å². The van der Waals surface area contributed by atoms with Gasteiger partial charge in [0.15, 0.2) is 5.57 Å². The summed E-state index contributed by atoms with van der Waals surface area (Å²) in [6.45, 7) is 2.90. The molecule has 1 saturated heterocycles. The Morgan fingerprint density at radius 1 is 1.25 bits per heavy atom. The lowest BCUT2D eigenvalue weighted by Crippen LogP contribution is -2.42. The zero-order chi connectivity index (χ0) is 14.9. The number of ether oxygens (including phenoxy) is 2. The van der Waals surface area contributed by atoms with Gasteiger partial charge in [0.25, 0.3) is 5.79 Å². The molecular weight excluding hydrogens is 380 g/mol. The highest BCUT2D eigenvalue weighted by Gasteiger charge is 2.38. The van der Waals surface area contributed by atoms with Gasteiger partial charge in [-0.25, -0.2) is 14.0 Å².